The maximum Gasteiger partial charge on any atom is 0.433 e. The highest BCUT2D eigenvalue weighted by Gasteiger charge is 2.36. The Hall–Kier alpha value is -2.91. The quantitative estimate of drug-likeness (QED) is 0.649. The van der Waals surface area contributed by atoms with Crippen LogP contribution in [-0.2, 0) is 17.5 Å². The van der Waals surface area contributed by atoms with Gasteiger partial charge in [0.25, 0.3) is 0 Å². The summed E-state index contributed by atoms with van der Waals surface area (Å²) in [5.41, 5.74) is 1.68. The number of carbonyl (C=O) groups is 1. The number of nitrogens with zero attached hydrogens (tertiary/aromatic N) is 6. The van der Waals surface area contributed by atoms with Crippen LogP contribution >= 0.6 is 0 Å². The van der Waals surface area contributed by atoms with E-state index in [4.69, 9.17) is 0 Å². The van der Waals surface area contributed by atoms with Gasteiger partial charge in [-0.2, -0.15) is 23.4 Å². The molecule has 1 saturated heterocycles. The molecule has 1 fully saturated rings. The molecule has 1 atom stereocenters. The number of halogens is 3. The van der Waals surface area contributed by atoms with Crippen LogP contribution in [0.3, 0.4) is 0 Å². The topological polar surface area (TPSA) is 68.3 Å². The van der Waals surface area contributed by atoms with Crippen LogP contribution in [0.25, 0.3) is 5.65 Å². The Morgan fingerprint density at radius 1 is 1.10 bits per heavy atom. The second-order valence-electron chi connectivity index (χ2n) is 7.80. The van der Waals surface area contributed by atoms with Crippen molar-refractivity contribution in [2.75, 3.05) is 6.54 Å². The lowest BCUT2D eigenvalue weighted by molar-refractivity contribution is -0.143. The highest BCUT2D eigenvalue weighted by atomic mass is 19.4. The van der Waals surface area contributed by atoms with Crippen molar-refractivity contribution in [3.8, 4) is 0 Å². The van der Waals surface area contributed by atoms with Crippen molar-refractivity contribution in [1.29, 1.82) is 0 Å². The highest BCUT2D eigenvalue weighted by Crippen LogP contribution is 2.34. The van der Waals surface area contributed by atoms with Crippen LogP contribution in [-0.4, -0.2) is 41.7 Å². The molecule has 0 aromatic carbocycles. The first-order chi connectivity index (χ1) is 14.1. The molecule has 1 aliphatic heterocycles. The van der Waals surface area contributed by atoms with Crippen molar-refractivity contribution in [2.24, 2.45) is 0 Å². The number of hydrogen-bond donors (Lipinski definition) is 0. The van der Waals surface area contributed by atoms with Gasteiger partial charge in [0.15, 0.2) is 5.65 Å². The predicted octanol–water partition coefficient (Wildman–Crippen LogP) is 3.62. The van der Waals surface area contributed by atoms with E-state index in [-0.39, 0.29) is 29.8 Å². The lowest BCUT2D eigenvalue weighted by atomic mass is 9.99. The summed E-state index contributed by atoms with van der Waals surface area (Å²) in [6.45, 7) is 5.90. The van der Waals surface area contributed by atoms with Crippen LogP contribution in [0, 0.1) is 20.8 Å². The van der Waals surface area contributed by atoms with Gasteiger partial charge in [-0.25, -0.2) is 9.50 Å². The van der Waals surface area contributed by atoms with Crippen molar-refractivity contribution in [2.45, 2.75) is 58.8 Å². The molecule has 7 nitrogen and oxygen atoms in total. The van der Waals surface area contributed by atoms with Crippen LogP contribution in [0.15, 0.2) is 18.2 Å². The van der Waals surface area contributed by atoms with Crippen LogP contribution in [0.2, 0.25) is 0 Å². The van der Waals surface area contributed by atoms with E-state index in [9.17, 15) is 18.0 Å². The van der Waals surface area contributed by atoms with E-state index in [1.807, 2.05) is 19.9 Å². The van der Waals surface area contributed by atoms with E-state index in [0.29, 0.717) is 18.7 Å². The normalized spacial score (nSPS) is 17.7. The number of aryl methyl sites for hydroxylation is 3. The van der Waals surface area contributed by atoms with Gasteiger partial charge in [-0.15, -0.1) is 0 Å². The Labute approximate surface area is 171 Å². The van der Waals surface area contributed by atoms with Gasteiger partial charge in [-0.05, 0) is 52.2 Å². The monoisotopic (exact) mass is 420 g/mol. The molecule has 4 heterocycles. The molecule has 10 heteroatoms. The number of piperidine rings is 1. The second kappa shape index (κ2) is 7.41. The van der Waals surface area contributed by atoms with Gasteiger partial charge in [0, 0.05) is 24.0 Å². The molecule has 3 aromatic heterocycles. The van der Waals surface area contributed by atoms with Gasteiger partial charge in [-0.3, -0.25) is 9.48 Å². The van der Waals surface area contributed by atoms with Crippen molar-refractivity contribution in [1.82, 2.24) is 29.3 Å². The number of rotatable bonds is 3. The fourth-order valence-electron chi connectivity index (χ4n) is 4.07. The van der Waals surface area contributed by atoms with E-state index in [0.717, 1.165) is 34.8 Å². The first-order valence-electron chi connectivity index (χ1n) is 9.88. The number of fused-ring (bicyclic) bond motifs is 1. The Morgan fingerprint density at radius 2 is 1.87 bits per heavy atom. The summed E-state index contributed by atoms with van der Waals surface area (Å²) in [6, 6.07) is 4.06. The van der Waals surface area contributed by atoms with E-state index in [1.165, 1.54) is 6.92 Å². The number of aromatic nitrogens is 5. The van der Waals surface area contributed by atoms with Gasteiger partial charge in [0.2, 0.25) is 5.91 Å². The molecule has 1 amide bonds. The van der Waals surface area contributed by atoms with Crippen molar-refractivity contribution >= 4 is 11.6 Å². The average molecular weight is 420 g/mol. The van der Waals surface area contributed by atoms with Gasteiger partial charge in [-0.1, -0.05) is 0 Å². The zero-order valence-electron chi connectivity index (χ0n) is 17.1. The molecule has 1 aliphatic rings. The molecule has 0 bridgehead atoms. The van der Waals surface area contributed by atoms with E-state index in [1.54, 1.807) is 15.6 Å². The van der Waals surface area contributed by atoms with E-state index in [2.05, 4.69) is 15.2 Å². The van der Waals surface area contributed by atoms with Crippen LogP contribution < -0.4 is 0 Å². The van der Waals surface area contributed by atoms with Crippen molar-refractivity contribution in [3.05, 3.63) is 46.7 Å². The minimum atomic E-state index is -4.55. The molecule has 4 rings (SSSR count). The van der Waals surface area contributed by atoms with Crippen LogP contribution in [0.1, 0.15) is 53.8 Å². The Morgan fingerprint density at radius 3 is 2.53 bits per heavy atom. The zero-order chi connectivity index (χ0) is 21.6. The molecule has 0 N–H and O–H groups in total. The fraction of sp³-hybridized carbons (Fsp3) is 0.500. The minimum Gasteiger partial charge on any atom is -0.332 e. The summed E-state index contributed by atoms with van der Waals surface area (Å²) < 4.78 is 42.9. The first-order valence-corrected chi connectivity index (χ1v) is 9.88. The fourth-order valence-corrected chi connectivity index (χ4v) is 4.07. The van der Waals surface area contributed by atoms with Crippen molar-refractivity contribution in [3.63, 3.8) is 0 Å². The third kappa shape index (κ3) is 3.78. The molecule has 160 valence electrons. The summed E-state index contributed by atoms with van der Waals surface area (Å²) >= 11 is 0. The van der Waals surface area contributed by atoms with Crippen molar-refractivity contribution < 1.29 is 18.0 Å². The number of alkyl halides is 3. The highest BCUT2D eigenvalue weighted by molar-refractivity contribution is 5.76. The number of likely N-dealkylation sites (tertiary alicyclic amines) is 1. The first kappa shape index (κ1) is 20.4. The molecule has 3 aromatic rings. The maximum atomic E-state index is 13.5. The van der Waals surface area contributed by atoms with Gasteiger partial charge >= 0.3 is 6.18 Å². The summed E-state index contributed by atoms with van der Waals surface area (Å²) in [5.74, 6) is -0.122. The third-order valence-corrected chi connectivity index (χ3v) is 5.42. The lowest BCUT2D eigenvalue weighted by Crippen LogP contribution is -2.40. The Bertz CT molecular complexity index is 1100. The molecular formula is C20H23F3N6O. The van der Waals surface area contributed by atoms with Crippen LogP contribution in [0.4, 0.5) is 13.2 Å². The summed E-state index contributed by atoms with van der Waals surface area (Å²) in [5, 5.41) is 8.56. The molecule has 0 spiro atoms. The zero-order valence-corrected chi connectivity index (χ0v) is 17.1. The van der Waals surface area contributed by atoms with E-state index >= 15 is 0 Å². The van der Waals surface area contributed by atoms with Gasteiger partial charge in [0.1, 0.15) is 12.2 Å². The van der Waals surface area contributed by atoms with Gasteiger partial charge < -0.3 is 4.90 Å². The molecule has 1 unspecified atom stereocenters. The van der Waals surface area contributed by atoms with Crippen LogP contribution in [0.5, 0.6) is 0 Å². The SMILES string of the molecule is Cc1cc(C(F)(F)F)n2nc(C3CCCCN3C(=O)Cn3nc(C)cc3C)cc2n1. The molecule has 0 radical (unpaired) electrons. The number of hydrogen-bond acceptors (Lipinski definition) is 4. The predicted molar refractivity (Wildman–Crippen MR) is 103 cm³/mol. The average Bonchev–Trinajstić information content (AvgIpc) is 3.22. The lowest BCUT2D eigenvalue weighted by Gasteiger charge is -2.34. The third-order valence-electron chi connectivity index (χ3n) is 5.42. The Balaban J connectivity index is 1.68. The standard InChI is InChI=1S/C20H23F3N6O/c1-12-9-17(20(21,22)23)29-18(24-12)10-15(26-29)16-6-4-5-7-27(16)19(30)11-28-14(3)8-13(2)25-28/h8-10,16H,4-7,11H2,1-3H3. The summed E-state index contributed by atoms with van der Waals surface area (Å²) in [6.07, 6.45) is -2.18. The van der Waals surface area contributed by atoms with E-state index < -0.39 is 11.9 Å². The second-order valence-corrected chi connectivity index (χ2v) is 7.80. The summed E-state index contributed by atoms with van der Waals surface area (Å²) in [4.78, 5) is 19.0. The Kier molecular flexibility index (Phi) is 5.03. The number of carbonyl (C=O) groups excluding carboxylic acids is 1. The maximum absolute atomic E-state index is 13.5. The molecular weight excluding hydrogens is 397 g/mol. The smallest absolute Gasteiger partial charge is 0.332 e. The molecule has 30 heavy (non-hydrogen) atoms. The molecule has 0 saturated carbocycles. The minimum absolute atomic E-state index is 0.0920. The number of amides is 1. The van der Waals surface area contributed by atoms with Gasteiger partial charge in [0.05, 0.1) is 17.4 Å². The molecule has 0 aliphatic carbocycles. The summed E-state index contributed by atoms with van der Waals surface area (Å²) in [7, 11) is 0. The largest absolute Gasteiger partial charge is 0.433 e.